The molecule has 0 saturated carbocycles. The Bertz CT molecular complexity index is 373. The highest BCUT2D eigenvalue weighted by Gasteiger charge is 2.04. The summed E-state index contributed by atoms with van der Waals surface area (Å²) in [6.45, 7) is 5.05. The van der Waals surface area contributed by atoms with E-state index in [1.54, 1.807) is 12.1 Å². The SMILES string of the molecule is CCOc1ccc(N=C=S)c(OCC)c1. The summed E-state index contributed by atoms with van der Waals surface area (Å²) in [5.74, 6) is 1.44. The van der Waals surface area contributed by atoms with Gasteiger partial charge in [-0.25, -0.2) is 0 Å². The summed E-state index contributed by atoms with van der Waals surface area (Å²) in [6.07, 6.45) is 0. The Morgan fingerprint density at radius 1 is 1.27 bits per heavy atom. The van der Waals surface area contributed by atoms with Crippen molar-refractivity contribution in [3.8, 4) is 11.5 Å². The first-order valence-electron chi connectivity index (χ1n) is 4.79. The van der Waals surface area contributed by atoms with Crippen LogP contribution in [0.2, 0.25) is 0 Å². The summed E-state index contributed by atoms with van der Waals surface area (Å²) in [5, 5.41) is 2.32. The molecular formula is C11H13NO2S. The molecule has 0 unspecified atom stereocenters. The molecule has 0 spiro atoms. The molecule has 0 radical (unpaired) electrons. The van der Waals surface area contributed by atoms with Crippen LogP contribution in [0.4, 0.5) is 5.69 Å². The molecule has 0 aromatic heterocycles. The number of aliphatic imine (C=N–C) groups is 1. The lowest BCUT2D eigenvalue weighted by Crippen LogP contribution is -1.95. The maximum atomic E-state index is 5.42. The van der Waals surface area contributed by atoms with Crippen LogP contribution in [-0.2, 0) is 0 Å². The molecule has 0 saturated heterocycles. The quantitative estimate of drug-likeness (QED) is 0.567. The molecule has 80 valence electrons. The molecule has 1 rings (SSSR count). The minimum atomic E-state index is 0.579. The summed E-state index contributed by atoms with van der Waals surface area (Å²) in [4.78, 5) is 3.91. The zero-order valence-electron chi connectivity index (χ0n) is 8.82. The summed E-state index contributed by atoms with van der Waals surface area (Å²) >= 11 is 4.56. The van der Waals surface area contributed by atoms with Crippen LogP contribution in [0.15, 0.2) is 23.2 Å². The first-order chi connectivity index (χ1) is 7.31. The highest BCUT2D eigenvalue weighted by atomic mass is 32.1. The summed E-state index contributed by atoms with van der Waals surface area (Å²) in [5.41, 5.74) is 0.676. The van der Waals surface area contributed by atoms with Crippen molar-refractivity contribution in [1.29, 1.82) is 0 Å². The smallest absolute Gasteiger partial charge is 0.149 e. The van der Waals surface area contributed by atoms with E-state index in [0.717, 1.165) is 5.75 Å². The minimum absolute atomic E-state index is 0.579. The second kappa shape index (κ2) is 6.17. The number of isothiocyanates is 1. The lowest BCUT2D eigenvalue weighted by atomic mass is 10.3. The zero-order chi connectivity index (χ0) is 11.1. The third-order valence-electron chi connectivity index (χ3n) is 1.71. The molecule has 0 aliphatic carbocycles. The Morgan fingerprint density at radius 2 is 2.00 bits per heavy atom. The van der Waals surface area contributed by atoms with Gasteiger partial charge in [-0.3, -0.25) is 0 Å². The van der Waals surface area contributed by atoms with Crippen molar-refractivity contribution in [2.24, 2.45) is 4.99 Å². The fourth-order valence-electron chi connectivity index (χ4n) is 1.16. The Labute approximate surface area is 94.7 Å². The van der Waals surface area contributed by atoms with E-state index in [0.29, 0.717) is 24.7 Å². The van der Waals surface area contributed by atoms with Crippen LogP contribution < -0.4 is 9.47 Å². The number of thiocarbonyl (C=S) groups is 1. The monoisotopic (exact) mass is 223 g/mol. The second-order valence-corrected chi connectivity index (χ2v) is 2.88. The standard InChI is InChI=1S/C11H13NO2S/c1-3-13-9-5-6-10(12-8-15)11(7-9)14-4-2/h5-7H,3-4H2,1-2H3. The zero-order valence-corrected chi connectivity index (χ0v) is 9.63. The molecule has 0 bridgehead atoms. The van der Waals surface area contributed by atoms with Crippen molar-refractivity contribution in [3.05, 3.63) is 18.2 Å². The van der Waals surface area contributed by atoms with Crippen LogP contribution in [0.25, 0.3) is 0 Å². The molecule has 0 heterocycles. The van der Waals surface area contributed by atoms with E-state index in [1.165, 1.54) is 0 Å². The van der Waals surface area contributed by atoms with Gasteiger partial charge in [-0.1, -0.05) is 0 Å². The van der Waals surface area contributed by atoms with Crippen LogP contribution in [0, 0.1) is 0 Å². The molecule has 15 heavy (non-hydrogen) atoms. The number of hydrogen-bond acceptors (Lipinski definition) is 4. The molecule has 0 amide bonds. The van der Waals surface area contributed by atoms with Crippen LogP contribution >= 0.6 is 12.2 Å². The molecule has 0 aliphatic rings. The van der Waals surface area contributed by atoms with Crippen LogP contribution in [0.1, 0.15) is 13.8 Å². The maximum absolute atomic E-state index is 5.42. The Hall–Kier alpha value is -1.38. The Morgan fingerprint density at radius 3 is 2.60 bits per heavy atom. The minimum Gasteiger partial charge on any atom is -0.494 e. The first-order valence-corrected chi connectivity index (χ1v) is 5.20. The van der Waals surface area contributed by atoms with E-state index in [9.17, 15) is 0 Å². The van der Waals surface area contributed by atoms with Crippen molar-refractivity contribution in [3.63, 3.8) is 0 Å². The van der Waals surface area contributed by atoms with Crippen LogP contribution in [0.5, 0.6) is 11.5 Å². The number of nitrogens with zero attached hydrogens (tertiary/aromatic N) is 1. The fourth-order valence-corrected chi connectivity index (χ4v) is 1.26. The second-order valence-electron chi connectivity index (χ2n) is 2.70. The molecule has 3 nitrogen and oxygen atoms in total. The van der Waals surface area contributed by atoms with E-state index < -0.39 is 0 Å². The maximum Gasteiger partial charge on any atom is 0.149 e. The van der Waals surface area contributed by atoms with Gasteiger partial charge in [0.15, 0.2) is 0 Å². The van der Waals surface area contributed by atoms with Gasteiger partial charge in [0.1, 0.15) is 17.2 Å². The van der Waals surface area contributed by atoms with Gasteiger partial charge in [0.2, 0.25) is 0 Å². The highest BCUT2D eigenvalue weighted by Crippen LogP contribution is 2.31. The average Bonchev–Trinajstić information content (AvgIpc) is 2.23. The van der Waals surface area contributed by atoms with Gasteiger partial charge >= 0.3 is 0 Å². The molecule has 0 aliphatic heterocycles. The largest absolute Gasteiger partial charge is 0.494 e. The fraction of sp³-hybridized carbons (Fsp3) is 0.364. The van der Waals surface area contributed by atoms with Crippen LogP contribution in [0.3, 0.4) is 0 Å². The lowest BCUT2D eigenvalue weighted by Gasteiger charge is -2.08. The van der Waals surface area contributed by atoms with Crippen LogP contribution in [-0.4, -0.2) is 18.4 Å². The van der Waals surface area contributed by atoms with Crippen molar-refractivity contribution in [1.82, 2.24) is 0 Å². The predicted molar refractivity (Wildman–Crippen MR) is 63.5 cm³/mol. The molecule has 0 N–H and O–H groups in total. The molecule has 4 heteroatoms. The van der Waals surface area contributed by atoms with Gasteiger partial charge < -0.3 is 9.47 Å². The van der Waals surface area contributed by atoms with E-state index in [-0.39, 0.29) is 0 Å². The topological polar surface area (TPSA) is 30.8 Å². The number of rotatable bonds is 5. The Balaban J connectivity index is 3.02. The van der Waals surface area contributed by atoms with Crippen molar-refractivity contribution < 1.29 is 9.47 Å². The number of hydrogen-bond donors (Lipinski definition) is 0. The van der Waals surface area contributed by atoms with Crippen molar-refractivity contribution >= 4 is 23.1 Å². The van der Waals surface area contributed by atoms with E-state index in [4.69, 9.17) is 9.47 Å². The van der Waals surface area contributed by atoms with E-state index in [2.05, 4.69) is 22.4 Å². The van der Waals surface area contributed by atoms with Gasteiger partial charge in [-0.05, 0) is 38.2 Å². The van der Waals surface area contributed by atoms with Gasteiger partial charge in [0.25, 0.3) is 0 Å². The lowest BCUT2D eigenvalue weighted by molar-refractivity contribution is 0.324. The Kier molecular flexibility index (Phi) is 4.81. The third-order valence-corrected chi connectivity index (χ3v) is 1.80. The van der Waals surface area contributed by atoms with Crippen molar-refractivity contribution in [2.45, 2.75) is 13.8 Å². The molecule has 1 aromatic carbocycles. The molecular weight excluding hydrogens is 210 g/mol. The summed E-state index contributed by atoms with van der Waals surface area (Å²) in [7, 11) is 0. The van der Waals surface area contributed by atoms with E-state index >= 15 is 0 Å². The molecule has 0 fully saturated rings. The van der Waals surface area contributed by atoms with Gasteiger partial charge in [0.05, 0.1) is 18.4 Å². The normalized spacial score (nSPS) is 9.20. The predicted octanol–water partition coefficient (Wildman–Crippen LogP) is 3.22. The average molecular weight is 223 g/mol. The highest BCUT2D eigenvalue weighted by molar-refractivity contribution is 7.78. The number of benzene rings is 1. The summed E-state index contributed by atoms with van der Waals surface area (Å²) < 4.78 is 10.8. The van der Waals surface area contributed by atoms with Gasteiger partial charge in [0, 0.05) is 6.07 Å². The third kappa shape index (κ3) is 3.35. The molecule has 0 atom stereocenters. The van der Waals surface area contributed by atoms with Gasteiger partial charge in [-0.15, -0.1) is 0 Å². The summed E-state index contributed by atoms with van der Waals surface area (Å²) in [6, 6.07) is 5.44. The molecule has 1 aromatic rings. The number of ether oxygens (including phenoxy) is 2. The first kappa shape index (κ1) is 11.7. The van der Waals surface area contributed by atoms with Crippen molar-refractivity contribution in [2.75, 3.05) is 13.2 Å². The van der Waals surface area contributed by atoms with E-state index in [1.807, 2.05) is 19.9 Å². The van der Waals surface area contributed by atoms with Gasteiger partial charge in [-0.2, -0.15) is 4.99 Å².